The number of sulfone groups is 1. The largest absolute Gasteiger partial charge is 0.281 e. The normalized spacial score (nSPS) is 11.9. The Hall–Kier alpha value is -3.00. The van der Waals surface area contributed by atoms with Gasteiger partial charge in [-0.1, -0.05) is 30.3 Å². The predicted molar refractivity (Wildman–Crippen MR) is 103 cm³/mol. The predicted octanol–water partition coefficient (Wildman–Crippen LogP) is 2.85. The Morgan fingerprint density at radius 2 is 1.78 bits per heavy atom. The molecule has 0 radical (unpaired) electrons. The molecule has 4 aromatic rings. The standard InChI is InChI=1S/C19H19N5O2S/c1-12-10-14(18-20-19(24-23-18)27(2,25)26)11-15-16(21-22-17(12)15)9-8-13-6-4-3-5-7-13/h3-7,10-11H,8-9H2,1-2H3,(H,21,22)(H,20,23,24). The molecule has 0 unspecified atom stereocenters. The highest BCUT2D eigenvalue weighted by Gasteiger charge is 2.17. The Morgan fingerprint density at radius 1 is 1.00 bits per heavy atom. The van der Waals surface area contributed by atoms with Crippen molar-refractivity contribution in [3.05, 3.63) is 59.3 Å². The number of aromatic amines is 2. The van der Waals surface area contributed by atoms with Crippen LogP contribution >= 0.6 is 0 Å². The third kappa shape index (κ3) is 3.48. The zero-order chi connectivity index (χ0) is 19.0. The Balaban J connectivity index is 1.70. The molecule has 0 saturated carbocycles. The van der Waals surface area contributed by atoms with Gasteiger partial charge in [0.25, 0.3) is 0 Å². The Labute approximate surface area is 156 Å². The molecule has 2 N–H and O–H groups in total. The second-order valence-electron chi connectivity index (χ2n) is 6.61. The van der Waals surface area contributed by atoms with Crippen LogP contribution in [-0.4, -0.2) is 40.1 Å². The van der Waals surface area contributed by atoms with Gasteiger partial charge in [-0.25, -0.2) is 13.5 Å². The summed E-state index contributed by atoms with van der Waals surface area (Å²) >= 11 is 0. The van der Waals surface area contributed by atoms with Crippen molar-refractivity contribution in [3.8, 4) is 11.4 Å². The van der Waals surface area contributed by atoms with Gasteiger partial charge in [0, 0.05) is 22.9 Å². The third-order valence-corrected chi connectivity index (χ3v) is 5.39. The van der Waals surface area contributed by atoms with Crippen LogP contribution in [-0.2, 0) is 22.7 Å². The van der Waals surface area contributed by atoms with Crippen molar-refractivity contribution in [2.75, 3.05) is 6.26 Å². The quantitative estimate of drug-likeness (QED) is 0.553. The average Bonchev–Trinajstić information content (AvgIpc) is 3.28. The van der Waals surface area contributed by atoms with E-state index in [1.54, 1.807) is 0 Å². The molecule has 0 spiro atoms. The minimum Gasteiger partial charge on any atom is -0.281 e. The summed E-state index contributed by atoms with van der Waals surface area (Å²) in [5, 5.41) is 15.0. The maximum absolute atomic E-state index is 11.6. The summed E-state index contributed by atoms with van der Waals surface area (Å²) in [6, 6.07) is 14.2. The maximum atomic E-state index is 11.6. The van der Waals surface area contributed by atoms with Crippen molar-refractivity contribution >= 4 is 20.7 Å². The number of aromatic nitrogens is 5. The van der Waals surface area contributed by atoms with Gasteiger partial charge in [0.05, 0.1) is 5.52 Å². The summed E-state index contributed by atoms with van der Waals surface area (Å²) in [7, 11) is -3.43. The molecule has 0 aliphatic carbocycles. The van der Waals surface area contributed by atoms with Crippen molar-refractivity contribution < 1.29 is 8.42 Å². The topological polar surface area (TPSA) is 104 Å². The molecule has 0 bridgehead atoms. The van der Waals surface area contributed by atoms with Gasteiger partial charge in [-0.05, 0) is 43.0 Å². The van der Waals surface area contributed by atoms with Crippen molar-refractivity contribution in [2.24, 2.45) is 0 Å². The number of fused-ring (bicyclic) bond motifs is 1. The van der Waals surface area contributed by atoms with Crippen LogP contribution in [0.2, 0.25) is 0 Å². The van der Waals surface area contributed by atoms with Gasteiger partial charge < -0.3 is 0 Å². The van der Waals surface area contributed by atoms with Gasteiger partial charge in [-0.3, -0.25) is 5.10 Å². The van der Waals surface area contributed by atoms with Gasteiger partial charge in [0.1, 0.15) is 0 Å². The molecule has 2 heterocycles. The first-order valence-corrected chi connectivity index (χ1v) is 10.5. The number of aryl methyl sites for hydroxylation is 3. The van der Waals surface area contributed by atoms with Gasteiger partial charge in [0.2, 0.25) is 15.0 Å². The van der Waals surface area contributed by atoms with Crippen LogP contribution in [0.3, 0.4) is 0 Å². The van der Waals surface area contributed by atoms with E-state index in [-0.39, 0.29) is 5.16 Å². The van der Waals surface area contributed by atoms with Crippen LogP contribution in [0.1, 0.15) is 16.8 Å². The third-order valence-electron chi connectivity index (χ3n) is 4.51. The molecule has 4 rings (SSSR count). The van der Waals surface area contributed by atoms with Gasteiger partial charge in [-0.15, -0.1) is 0 Å². The first-order chi connectivity index (χ1) is 12.9. The lowest BCUT2D eigenvalue weighted by atomic mass is 10.0. The highest BCUT2D eigenvalue weighted by atomic mass is 32.2. The SMILES string of the molecule is Cc1cc(-c2n[nH]c(S(C)(=O)=O)n2)cc2c(CCc3ccccc3)[nH]nc12. The van der Waals surface area contributed by atoms with Crippen LogP contribution in [0.15, 0.2) is 47.6 Å². The second kappa shape index (κ2) is 6.62. The minimum atomic E-state index is -3.43. The molecule has 0 atom stereocenters. The van der Waals surface area contributed by atoms with Crippen LogP contribution in [0.4, 0.5) is 0 Å². The number of hydrogen-bond acceptors (Lipinski definition) is 5. The lowest BCUT2D eigenvalue weighted by Gasteiger charge is -2.03. The molecular weight excluding hydrogens is 362 g/mol. The molecule has 7 nitrogen and oxygen atoms in total. The number of nitrogens with one attached hydrogen (secondary N) is 2. The zero-order valence-corrected chi connectivity index (χ0v) is 15.8. The molecule has 138 valence electrons. The molecule has 27 heavy (non-hydrogen) atoms. The van der Waals surface area contributed by atoms with Crippen molar-refractivity contribution in [1.29, 1.82) is 0 Å². The molecule has 0 aliphatic rings. The number of H-pyrrole nitrogens is 2. The van der Waals surface area contributed by atoms with Crippen molar-refractivity contribution in [3.63, 3.8) is 0 Å². The minimum absolute atomic E-state index is 0.133. The van der Waals surface area contributed by atoms with E-state index < -0.39 is 9.84 Å². The lowest BCUT2D eigenvalue weighted by molar-refractivity contribution is 0.594. The fourth-order valence-corrected chi connectivity index (χ4v) is 3.58. The van der Waals surface area contributed by atoms with Gasteiger partial charge in [0.15, 0.2) is 5.82 Å². The van der Waals surface area contributed by atoms with Crippen LogP contribution in [0.25, 0.3) is 22.3 Å². The number of benzene rings is 2. The molecule has 2 aromatic heterocycles. The molecule has 0 amide bonds. The first kappa shape index (κ1) is 17.4. The monoisotopic (exact) mass is 381 g/mol. The van der Waals surface area contributed by atoms with Crippen LogP contribution in [0.5, 0.6) is 0 Å². The number of nitrogens with zero attached hydrogens (tertiary/aromatic N) is 3. The van der Waals surface area contributed by atoms with E-state index >= 15 is 0 Å². The first-order valence-electron chi connectivity index (χ1n) is 8.56. The summed E-state index contributed by atoms with van der Waals surface area (Å²) in [5.41, 5.74) is 4.95. The van der Waals surface area contributed by atoms with Crippen LogP contribution in [0, 0.1) is 6.92 Å². The highest BCUT2D eigenvalue weighted by Crippen LogP contribution is 2.27. The van der Waals surface area contributed by atoms with E-state index in [1.807, 2.05) is 37.3 Å². The van der Waals surface area contributed by atoms with E-state index in [0.717, 1.165) is 46.8 Å². The molecule has 8 heteroatoms. The van der Waals surface area contributed by atoms with E-state index in [1.165, 1.54) is 5.56 Å². The van der Waals surface area contributed by atoms with E-state index in [0.29, 0.717) is 5.82 Å². The van der Waals surface area contributed by atoms with E-state index in [9.17, 15) is 8.42 Å². The summed E-state index contributed by atoms with van der Waals surface area (Å²) in [5.74, 6) is 0.357. The maximum Gasteiger partial charge on any atom is 0.243 e. The summed E-state index contributed by atoms with van der Waals surface area (Å²) in [6.07, 6.45) is 2.83. The van der Waals surface area contributed by atoms with Crippen molar-refractivity contribution in [1.82, 2.24) is 25.4 Å². The summed E-state index contributed by atoms with van der Waals surface area (Å²) < 4.78 is 23.3. The fraction of sp³-hybridized carbons (Fsp3) is 0.211. The zero-order valence-electron chi connectivity index (χ0n) is 15.0. The smallest absolute Gasteiger partial charge is 0.243 e. The Kier molecular flexibility index (Phi) is 4.27. The van der Waals surface area contributed by atoms with E-state index in [4.69, 9.17) is 0 Å². The number of hydrogen-bond donors (Lipinski definition) is 2. The van der Waals surface area contributed by atoms with Gasteiger partial charge in [-0.2, -0.15) is 15.2 Å². The summed E-state index contributed by atoms with van der Waals surface area (Å²) in [6.45, 7) is 1.97. The fourth-order valence-electron chi connectivity index (χ4n) is 3.12. The van der Waals surface area contributed by atoms with Gasteiger partial charge >= 0.3 is 0 Å². The highest BCUT2D eigenvalue weighted by molar-refractivity contribution is 7.90. The molecule has 0 saturated heterocycles. The summed E-state index contributed by atoms with van der Waals surface area (Å²) in [4.78, 5) is 4.12. The van der Waals surface area contributed by atoms with Crippen LogP contribution < -0.4 is 0 Å². The lowest BCUT2D eigenvalue weighted by Crippen LogP contribution is -1.99. The van der Waals surface area contributed by atoms with Crippen molar-refractivity contribution in [2.45, 2.75) is 24.9 Å². The Bertz CT molecular complexity index is 1210. The molecule has 2 aromatic carbocycles. The average molecular weight is 381 g/mol. The molecule has 0 aliphatic heterocycles. The van der Waals surface area contributed by atoms with E-state index in [2.05, 4.69) is 37.5 Å². The molecule has 0 fully saturated rings. The molecular formula is C19H19N5O2S. The second-order valence-corrected chi connectivity index (χ2v) is 8.54. The number of rotatable bonds is 5. The Morgan fingerprint density at radius 3 is 2.48 bits per heavy atom.